The van der Waals surface area contributed by atoms with Crippen LogP contribution in [0.15, 0.2) is 12.4 Å². The van der Waals surface area contributed by atoms with Crippen LogP contribution < -0.4 is 5.73 Å². The van der Waals surface area contributed by atoms with Crippen molar-refractivity contribution >= 4 is 11.3 Å². The molecule has 0 bridgehead atoms. The van der Waals surface area contributed by atoms with Gasteiger partial charge < -0.3 is 5.73 Å². The molecule has 0 unspecified atom stereocenters. The summed E-state index contributed by atoms with van der Waals surface area (Å²) in [5.41, 5.74) is 9.30. The van der Waals surface area contributed by atoms with Crippen molar-refractivity contribution in [3.05, 3.63) is 23.7 Å². The molecule has 80 valence electrons. The fraction of sp³-hybridized carbons (Fsp3) is 0.455. The van der Waals surface area contributed by atoms with Gasteiger partial charge in [0.2, 0.25) is 0 Å². The van der Waals surface area contributed by atoms with Crippen LogP contribution in [-0.2, 0) is 6.42 Å². The molecule has 0 aliphatic rings. The number of hydrogen-bond donors (Lipinski definition) is 1. The number of fused-ring (bicyclic) bond motifs is 1. The molecule has 2 N–H and O–H groups in total. The van der Waals surface area contributed by atoms with Gasteiger partial charge >= 0.3 is 0 Å². The van der Waals surface area contributed by atoms with Crippen molar-refractivity contribution in [3.8, 4) is 0 Å². The number of aryl methyl sites for hydroxylation is 1. The van der Waals surface area contributed by atoms with Gasteiger partial charge in [-0.1, -0.05) is 13.8 Å². The van der Waals surface area contributed by atoms with E-state index in [1.54, 1.807) is 4.52 Å². The minimum atomic E-state index is 0.623. The van der Waals surface area contributed by atoms with Crippen molar-refractivity contribution in [2.45, 2.75) is 27.2 Å². The highest BCUT2D eigenvalue weighted by atomic mass is 15.3. The first-order valence-corrected chi connectivity index (χ1v) is 5.17. The predicted molar refractivity (Wildman–Crippen MR) is 60.7 cm³/mol. The molecule has 2 heterocycles. The number of hydrogen-bond acceptors (Lipinski definition) is 3. The number of aromatic nitrogens is 3. The number of nitrogens with zero attached hydrogens (tertiary/aromatic N) is 3. The Morgan fingerprint density at radius 3 is 2.87 bits per heavy atom. The SMILES string of the molecule is Cc1nn2cc(CC(C)C)cnc2c1N. The second kappa shape index (κ2) is 3.53. The third-order valence-electron chi connectivity index (χ3n) is 2.39. The summed E-state index contributed by atoms with van der Waals surface area (Å²) in [4.78, 5) is 4.33. The van der Waals surface area contributed by atoms with E-state index in [1.165, 1.54) is 5.56 Å². The Morgan fingerprint density at radius 2 is 2.20 bits per heavy atom. The smallest absolute Gasteiger partial charge is 0.178 e. The molecule has 0 saturated heterocycles. The van der Waals surface area contributed by atoms with Gasteiger partial charge in [0.15, 0.2) is 5.65 Å². The lowest BCUT2D eigenvalue weighted by Gasteiger charge is -2.04. The summed E-state index contributed by atoms with van der Waals surface area (Å²) in [6.45, 7) is 6.27. The summed E-state index contributed by atoms with van der Waals surface area (Å²) >= 11 is 0. The van der Waals surface area contributed by atoms with Crippen LogP contribution in [0.1, 0.15) is 25.1 Å². The fourth-order valence-electron chi connectivity index (χ4n) is 1.68. The number of anilines is 1. The summed E-state index contributed by atoms with van der Waals surface area (Å²) in [5, 5.41) is 4.31. The molecule has 0 spiro atoms. The largest absolute Gasteiger partial charge is 0.394 e. The van der Waals surface area contributed by atoms with Crippen molar-refractivity contribution in [1.82, 2.24) is 14.6 Å². The summed E-state index contributed by atoms with van der Waals surface area (Å²) in [5.74, 6) is 0.623. The van der Waals surface area contributed by atoms with Crippen molar-refractivity contribution in [2.75, 3.05) is 5.73 Å². The van der Waals surface area contributed by atoms with Crippen LogP contribution in [0.4, 0.5) is 5.69 Å². The highest BCUT2D eigenvalue weighted by Crippen LogP contribution is 2.16. The van der Waals surface area contributed by atoms with Crippen LogP contribution in [0.3, 0.4) is 0 Å². The van der Waals surface area contributed by atoms with Gasteiger partial charge in [0.05, 0.1) is 5.69 Å². The van der Waals surface area contributed by atoms with Gasteiger partial charge in [0, 0.05) is 12.4 Å². The lowest BCUT2D eigenvalue weighted by Crippen LogP contribution is -1.99. The topological polar surface area (TPSA) is 56.2 Å². The molecule has 15 heavy (non-hydrogen) atoms. The average molecular weight is 204 g/mol. The predicted octanol–water partition coefficient (Wildman–Crippen LogP) is 1.82. The van der Waals surface area contributed by atoms with Crippen molar-refractivity contribution in [1.29, 1.82) is 0 Å². The molecule has 2 aromatic heterocycles. The second-order valence-corrected chi connectivity index (χ2v) is 4.33. The standard InChI is InChI=1S/C11H16N4/c1-7(2)4-9-5-13-11-10(12)8(3)14-15(11)6-9/h5-7H,4,12H2,1-3H3. The average Bonchev–Trinajstić information content (AvgIpc) is 2.41. The van der Waals surface area contributed by atoms with Crippen molar-refractivity contribution in [3.63, 3.8) is 0 Å². The molecule has 0 aliphatic heterocycles. The first kappa shape index (κ1) is 9.96. The molecule has 0 saturated carbocycles. The monoisotopic (exact) mass is 204 g/mol. The maximum Gasteiger partial charge on any atom is 0.178 e. The van der Waals surface area contributed by atoms with Gasteiger partial charge in [-0.15, -0.1) is 0 Å². The molecule has 2 aromatic rings. The maximum atomic E-state index is 5.84. The Hall–Kier alpha value is -1.58. The number of nitrogens with two attached hydrogens (primary N) is 1. The third kappa shape index (κ3) is 1.79. The molecule has 2 rings (SSSR count). The fourth-order valence-corrected chi connectivity index (χ4v) is 1.68. The zero-order valence-corrected chi connectivity index (χ0v) is 9.36. The number of rotatable bonds is 2. The summed E-state index contributed by atoms with van der Waals surface area (Å²) < 4.78 is 1.77. The molecule has 0 atom stereocenters. The molecule has 4 nitrogen and oxygen atoms in total. The van der Waals surface area contributed by atoms with E-state index in [0.29, 0.717) is 11.6 Å². The molecule has 0 aromatic carbocycles. The lowest BCUT2D eigenvalue weighted by atomic mass is 10.1. The zero-order valence-electron chi connectivity index (χ0n) is 9.36. The first-order valence-electron chi connectivity index (χ1n) is 5.17. The van der Waals surface area contributed by atoms with Crippen LogP contribution in [0.5, 0.6) is 0 Å². The van der Waals surface area contributed by atoms with E-state index < -0.39 is 0 Å². The van der Waals surface area contributed by atoms with Crippen molar-refractivity contribution in [2.24, 2.45) is 5.92 Å². The molecule has 4 heteroatoms. The molecular weight excluding hydrogens is 188 g/mol. The normalized spacial score (nSPS) is 11.5. The van der Waals surface area contributed by atoms with E-state index in [4.69, 9.17) is 5.73 Å². The van der Waals surface area contributed by atoms with E-state index in [2.05, 4.69) is 23.9 Å². The maximum absolute atomic E-state index is 5.84. The molecule has 0 radical (unpaired) electrons. The Kier molecular flexibility index (Phi) is 2.34. The van der Waals surface area contributed by atoms with Crippen LogP contribution in [0.2, 0.25) is 0 Å². The van der Waals surface area contributed by atoms with Gasteiger partial charge in [-0.3, -0.25) is 0 Å². The van der Waals surface area contributed by atoms with E-state index >= 15 is 0 Å². The van der Waals surface area contributed by atoms with Gasteiger partial charge in [-0.25, -0.2) is 9.50 Å². The highest BCUT2D eigenvalue weighted by Gasteiger charge is 2.07. The van der Waals surface area contributed by atoms with E-state index in [9.17, 15) is 0 Å². The Bertz CT molecular complexity index is 485. The van der Waals surface area contributed by atoms with Gasteiger partial charge in [-0.2, -0.15) is 5.10 Å². The minimum Gasteiger partial charge on any atom is -0.394 e. The van der Waals surface area contributed by atoms with Crippen molar-refractivity contribution < 1.29 is 0 Å². The Labute approximate surface area is 89.1 Å². The van der Waals surface area contributed by atoms with Crippen LogP contribution in [0.25, 0.3) is 5.65 Å². The van der Waals surface area contributed by atoms with Crippen LogP contribution in [-0.4, -0.2) is 14.6 Å². The second-order valence-electron chi connectivity index (χ2n) is 4.33. The summed E-state index contributed by atoms with van der Waals surface area (Å²) in [6.07, 6.45) is 4.90. The quantitative estimate of drug-likeness (QED) is 0.811. The zero-order chi connectivity index (χ0) is 11.0. The molecule has 0 fully saturated rings. The highest BCUT2D eigenvalue weighted by molar-refractivity contribution is 5.66. The van der Waals surface area contributed by atoms with E-state index in [-0.39, 0.29) is 0 Å². The summed E-state index contributed by atoms with van der Waals surface area (Å²) in [7, 11) is 0. The number of nitrogen functional groups attached to an aromatic ring is 1. The van der Waals surface area contributed by atoms with Crippen LogP contribution >= 0.6 is 0 Å². The summed E-state index contributed by atoms with van der Waals surface area (Å²) in [6, 6.07) is 0. The Morgan fingerprint density at radius 1 is 1.47 bits per heavy atom. The van der Waals surface area contributed by atoms with E-state index in [0.717, 1.165) is 17.8 Å². The minimum absolute atomic E-state index is 0.623. The van der Waals surface area contributed by atoms with E-state index in [1.807, 2.05) is 19.3 Å². The lowest BCUT2D eigenvalue weighted by molar-refractivity contribution is 0.641. The molecular formula is C11H16N4. The third-order valence-corrected chi connectivity index (χ3v) is 2.39. The van der Waals surface area contributed by atoms with Crippen LogP contribution in [0, 0.1) is 12.8 Å². The Balaban J connectivity index is 2.47. The van der Waals surface area contributed by atoms with Gasteiger partial charge in [0.1, 0.15) is 5.69 Å². The molecule has 0 aliphatic carbocycles. The molecule has 0 amide bonds. The first-order chi connectivity index (χ1) is 7.08. The van der Waals surface area contributed by atoms with Gasteiger partial charge in [0.25, 0.3) is 0 Å². The van der Waals surface area contributed by atoms with Gasteiger partial charge in [-0.05, 0) is 24.8 Å².